The predicted octanol–water partition coefficient (Wildman–Crippen LogP) is 2.94. The van der Waals surface area contributed by atoms with Crippen molar-refractivity contribution in [1.29, 1.82) is 0 Å². The van der Waals surface area contributed by atoms with Gasteiger partial charge in [0, 0.05) is 18.2 Å². The quantitative estimate of drug-likeness (QED) is 0.297. The summed E-state index contributed by atoms with van der Waals surface area (Å²) in [6.07, 6.45) is 5.64. The molecule has 0 spiro atoms. The van der Waals surface area contributed by atoms with Crippen molar-refractivity contribution in [3.05, 3.63) is 57.9 Å². The first-order chi connectivity index (χ1) is 8.52. The number of rotatable bonds is 4. The van der Waals surface area contributed by atoms with Gasteiger partial charge in [-0.05, 0) is 30.0 Å². The molecule has 0 aliphatic rings. The summed E-state index contributed by atoms with van der Waals surface area (Å²) in [5.41, 5.74) is 0.696. The van der Waals surface area contributed by atoms with Gasteiger partial charge in [-0.2, -0.15) is 0 Å². The zero-order valence-electron chi connectivity index (χ0n) is 9.57. The molecule has 0 aliphatic carbocycles. The zero-order chi connectivity index (χ0) is 13.5. The molecule has 1 aromatic rings. The van der Waals surface area contributed by atoms with Gasteiger partial charge in [0.2, 0.25) is 5.12 Å². The third-order valence-corrected chi connectivity index (χ3v) is 2.54. The van der Waals surface area contributed by atoms with Crippen molar-refractivity contribution < 1.29 is 14.8 Å². The van der Waals surface area contributed by atoms with E-state index in [0.717, 1.165) is 17.8 Å². The first-order valence-electron chi connectivity index (χ1n) is 4.94. The van der Waals surface area contributed by atoms with Crippen LogP contribution >= 0.6 is 11.8 Å². The van der Waals surface area contributed by atoms with E-state index in [-0.39, 0.29) is 16.6 Å². The number of non-ortho nitro benzene ring substituents is 1. The number of carbonyl (C=O) groups excluding carboxylic acids is 1. The van der Waals surface area contributed by atoms with Crippen LogP contribution in [-0.4, -0.2) is 21.4 Å². The molecule has 0 radical (unpaired) electrons. The Balaban J connectivity index is 2.76. The number of nitro groups is 1. The monoisotopic (exact) mass is 265 g/mol. The fourth-order valence-electron chi connectivity index (χ4n) is 1.12. The van der Waals surface area contributed by atoms with E-state index in [0.29, 0.717) is 5.56 Å². The second-order valence-electron chi connectivity index (χ2n) is 3.27. The Kier molecular flexibility index (Phi) is 5.13. The lowest BCUT2D eigenvalue weighted by atomic mass is 10.2. The lowest BCUT2D eigenvalue weighted by Crippen LogP contribution is -1.87. The normalized spacial score (nSPS) is 11.7. The molecular formula is C12H11NO4S. The second kappa shape index (κ2) is 6.61. The summed E-state index contributed by atoms with van der Waals surface area (Å²) in [7, 11) is 0. The third-order valence-electron chi connectivity index (χ3n) is 2.02. The SMILES string of the molecule is CSC(=O)/C=C(O)/C=C/c1ccc([N+](=O)[O-])cc1. The third kappa shape index (κ3) is 4.42. The van der Waals surface area contributed by atoms with E-state index < -0.39 is 4.92 Å². The number of aliphatic hydroxyl groups excluding tert-OH is 1. The van der Waals surface area contributed by atoms with Crippen LogP contribution < -0.4 is 0 Å². The first-order valence-corrected chi connectivity index (χ1v) is 6.16. The number of thioether (sulfide) groups is 1. The molecule has 0 atom stereocenters. The van der Waals surface area contributed by atoms with Gasteiger partial charge >= 0.3 is 0 Å². The average molecular weight is 265 g/mol. The standard InChI is InChI=1S/C12H11NO4S/c1-18-12(15)8-11(14)7-4-9-2-5-10(6-3-9)13(16)17/h2-8,14H,1H3/b7-4+,11-8-. The van der Waals surface area contributed by atoms with Crippen LogP contribution in [0.1, 0.15) is 5.56 Å². The number of benzene rings is 1. The molecule has 0 aliphatic heterocycles. The van der Waals surface area contributed by atoms with Crippen LogP contribution in [-0.2, 0) is 4.79 Å². The Labute approximate surface area is 108 Å². The molecule has 1 rings (SSSR count). The van der Waals surface area contributed by atoms with Crippen LogP contribution in [0.4, 0.5) is 5.69 Å². The lowest BCUT2D eigenvalue weighted by Gasteiger charge is -1.94. The molecule has 94 valence electrons. The van der Waals surface area contributed by atoms with Crippen LogP contribution in [0.5, 0.6) is 0 Å². The Bertz CT molecular complexity index is 505. The zero-order valence-corrected chi connectivity index (χ0v) is 10.4. The molecule has 1 aromatic carbocycles. The maximum Gasteiger partial charge on any atom is 0.269 e. The molecule has 5 nitrogen and oxygen atoms in total. The molecule has 0 saturated heterocycles. The van der Waals surface area contributed by atoms with E-state index in [2.05, 4.69) is 0 Å². The van der Waals surface area contributed by atoms with E-state index >= 15 is 0 Å². The van der Waals surface area contributed by atoms with Crippen LogP contribution in [0.3, 0.4) is 0 Å². The van der Waals surface area contributed by atoms with Gasteiger partial charge in [-0.1, -0.05) is 17.8 Å². The van der Waals surface area contributed by atoms with Gasteiger partial charge in [0.05, 0.1) is 4.92 Å². The van der Waals surface area contributed by atoms with E-state index in [1.54, 1.807) is 24.5 Å². The van der Waals surface area contributed by atoms with Crippen LogP contribution in [0.25, 0.3) is 6.08 Å². The number of nitro benzene ring substituents is 1. The smallest absolute Gasteiger partial charge is 0.269 e. The molecule has 0 saturated carbocycles. The molecule has 0 unspecified atom stereocenters. The Hall–Kier alpha value is -2.08. The number of carbonyl (C=O) groups is 1. The van der Waals surface area contributed by atoms with E-state index in [1.807, 2.05) is 0 Å². The molecule has 0 amide bonds. The largest absolute Gasteiger partial charge is 0.508 e. The summed E-state index contributed by atoms with van der Waals surface area (Å²) in [4.78, 5) is 20.9. The number of hydrogen-bond donors (Lipinski definition) is 1. The van der Waals surface area contributed by atoms with Crippen molar-refractivity contribution in [2.75, 3.05) is 6.26 Å². The minimum absolute atomic E-state index is 0.00414. The molecule has 0 heterocycles. The van der Waals surface area contributed by atoms with E-state index in [9.17, 15) is 20.0 Å². The number of hydrogen-bond acceptors (Lipinski definition) is 5. The van der Waals surface area contributed by atoms with Gasteiger partial charge in [0.1, 0.15) is 5.76 Å². The highest BCUT2D eigenvalue weighted by molar-refractivity contribution is 8.13. The Morgan fingerprint density at radius 3 is 2.50 bits per heavy atom. The van der Waals surface area contributed by atoms with Crippen LogP contribution in [0.15, 0.2) is 42.2 Å². The topological polar surface area (TPSA) is 80.4 Å². The summed E-state index contributed by atoms with van der Waals surface area (Å²) in [6.45, 7) is 0. The van der Waals surface area contributed by atoms with Gasteiger partial charge in [-0.3, -0.25) is 14.9 Å². The predicted molar refractivity (Wildman–Crippen MR) is 71.4 cm³/mol. The highest BCUT2D eigenvalue weighted by atomic mass is 32.2. The number of nitrogens with zero attached hydrogens (tertiary/aromatic N) is 1. The average Bonchev–Trinajstić information content (AvgIpc) is 2.36. The fourth-order valence-corrected chi connectivity index (χ4v) is 1.36. The minimum Gasteiger partial charge on any atom is -0.508 e. The van der Waals surface area contributed by atoms with Crippen LogP contribution in [0.2, 0.25) is 0 Å². The Morgan fingerprint density at radius 1 is 1.39 bits per heavy atom. The summed E-state index contributed by atoms with van der Waals surface area (Å²) in [5.74, 6) is -0.160. The van der Waals surface area contributed by atoms with Crippen LogP contribution in [0, 0.1) is 10.1 Å². The highest BCUT2D eigenvalue weighted by Crippen LogP contribution is 2.13. The summed E-state index contributed by atoms with van der Waals surface area (Å²) in [6, 6.07) is 5.84. The molecule has 0 bridgehead atoms. The van der Waals surface area contributed by atoms with Gasteiger partial charge < -0.3 is 5.11 Å². The number of allylic oxidation sites excluding steroid dienone is 1. The van der Waals surface area contributed by atoms with Gasteiger partial charge in [-0.25, -0.2) is 0 Å². The van der Waals surface area contributed by atoms with Crippen molar-refractivity contribution in [3.63, 3.8) is 0 Å². The van der Waals surface area contributed by atoms with Gasteiger partial charge in [-0.15, -0.1) is 0 Å². The fraction of sp³-hybridized carbons (Fsp3) is 0.0833. The van der Waals surface area contributed by atoms with Gasteiger partial charge in [0.15, 0.2) is 0 Å². The molecule has 0 aromatic heterocycles. The molecule has 18 heavy (non-hydrogen) atoms. The maximum atomic E-state index is 11.0. The van der Waals surface area contributed by atoms with Crippen molar-refractivity contribution in [2.45, 2.75) is 0 Å². The lowest BCUT2D eigenvalue weighted by molar-refractivity contribution is -0.384. The molecule has 0 fully saturated rings. The van der Waals surface area contributed by atoms with Crippen molar-refractivity contribution >= 4 is 28.6 Å². The van der Waals surface area contributed by atoms with Crippen molar-refractivity contribution in [2.24, 2.45) is 0 Å². The summed E-state index contributed by atoms with van der Waals surface area (Å²) < 4.78 is 0. The molecular weight excluding hydrogens is 254 g/mol. The summed E-state index contributed by atoms with van der Waals surface area (Å²) in [5, 5.41) is 19.6. The van der Waals surface area contributed by atoms with Gasteiger partial charge in [0.25, 0.3) is 5.69 Å². The Morgan fingerprint density at radius 2 is 2.00 bits per heavy atom. The number of aliphatic hydroxyl groups is 1. The highest BCUT2D eigenvalue weighted by Gasteiger charge is 2.02. The van der Waals surface area contributed by atoms with E-state index in [4.69, 9.17) is 0 Å². The molecule has 6 heteroatoms. The maximum absolute atomic E-state index is 11.0. The van der Waals surface area contributed by atoms with E-state index in [1.165, 1.54) is 18.2 Å². The molecule has 1 N–H and O–H groups in total. The first kappa shape index (κ1) is 14.0. The van der Waals surface area contributed by atoms with Crippen molar-refractivity contribution in [3.8, 4) is 0 Å². The minimum atomic E-state index is -0.484. The second-order valence-corrected chi connectivity index (χ2v) is 4.08. The van der Waals surface area contributed by atoms with Crippen molar-refractivity contribution in [1.82, 2.24) is 0 Å². The summed E-state index contributed by atoms with van der Waals surface area (Å²) >= 11 is 0.996.